The van der Waals surface area contributed by atoms with Crippen LogP contribution in [0.1, 0.15) is 55.4 Å². The van der Waals surface area contributed by atoms with Crippen molar-refractivity contribution in [3.63, 3.8) is 0 Å². The van der Waals surface area contributed by atoms with Crippen molar-refractivity contribution < 1.29 is 18.9 Å². The number of hydrogen-bond donors (Lipinski definition) is 0. The van der Waals surface area contributed by atoms with Gasteiger partial charge in [0.05, 0.1) is 0 Å². The van der Waals surface area contributed by atoms with E-state index in [1.165, 1.54) is 24.2 Å². The summed E-state index contributed by atoms with van der Waals surface area (Å²) in [4.78, 5) is 0. The molecular weight excluding hydrogens is 245 g/mol. The summed E-state index contributed by atoms with van der Waals surface area (Å²) in [6, 6.07) is 5.34. The fourth-order valence-corrected chi connectivity index (χ4v) is 15.6. The minimum Gasteiger partial charge on any atom is -0.666 e. The molecule has 0 aliphatic heterocycles. The number of hydrogen-bond acceptors (Lipinski definition) is 0. The third kappa shape index (κ3) is 4.52. The molecule has 104 valence electrons. The Hall–Kier alpha value is 0.991. The molecule has 0 aromatic heterocycles. The SMILES string of the molecule is CC[Si](CC)([N-][Si](CC)(CC)C(C)C)C(C)C.[Li+]. The molecule has 0 rings (SSSR count). The molecule has 1 nitrogen and oxygen atoms in total. The van der Waals surface area contributed by atoms with Gasteiger partial charge in [0.15, 0.2) is 0 Å². The summed E-state index contributed by atoms with van der Waals surface area (Å²) >= 11 is 0. The Morgan fingerprint density at radius 2 is 0.889 bits per heavy atom. The van der Waals surface area contributed by atoms with Crippen LogP contribution in [0.15, 0.2) is 0 Å². The van der Waals surface area contributed by atoms with Gasteiger partial charge < -0.3 is 4.65 Å². The first-order valence-electron chi connectivity index (χ1n) is 7.58. The summed E-state index contributed by atoms with van der Waals surface area (Å²) in [6.45, 7) is 19.2. The van der Waals surface area contributed by atoms with E-state index in [9.17, 15) is 0 Å². The fraction of sp³-hybridized carbons (Fsp3) is 1.00. The van der Waals surface area contributed by atoms with Gasteiger partial charge in [-0.05, 0) is 0 Å². The minimum absolute atomic E-state index is 0. The van der Waals surface area contributed by atoms with Crippen LogP contribution >= 0.6 is 0 Å². The maximum Gasteiger partial charge on any atom is 1.00 e. The molecule has 0 bridgehead atoms. The van der Waals surface area contributed by atoms with E-state index < -0.39 is 16.5 Å². The van der Waals surface area contributed by atoms with E-state index in [0.717, 1.165) is 11.1 Å². The van der Waals surface area contributed by atoms with Gasteiger partial charge >= 0.3 is 18.9 Å². The van der Waals surface area contributed by atoms with Crippen molar-refractivity contribution in [2.24, 2.45) is 0 Å². The van der Waals surface area contributed by atoms with Crippen LogP contribution in [-0.2, 0) is 0 Å². The molecule has 0 atom stereocenters. The molecule has 0 fully saturated rings. The zero-order valence-corrected chi connectivity index (χ0v) is 16.4. The molecule has 0 spiro atoms. The largest absolute Gasteiger partial charge is 1.00 e. The van der Waals surface area contributed by atoms with Crippen molar-refractivity contribution in [2.75, 3.05) is 0 Å². The Morgan fingerprint density at radius 1 is 0.667 bits per heavy atom. The van der Waals surface area contributed by atoms with Crippen LogP contribution in [0.25, 0.3) is 4.65 Å². The average Bonchev–Trinajstić information content (AvgIpc) is 2.31. The van der Waals surface area contributed by atoms with Gasteiger partial charge in [0, 0.05) is 0 Å². The van der Waals surface area contributed by atoms with Crippen molar-refractivity contribution in [3.05, 3.63) is 4.65 Å². The van der Waals surface area contributed by atoms with Crippen LogP contribution in [0.4, 0.5) is 0 Å². The predicted molar refractivity (Wildman–Crippen MR) is 87.0 cm³/mol. The smallest absolute Gasteiger partial charge is 0.666 e. The Bertz CT molecular complexity index is 190. The molecule has 4 heteroatoms. The first kappa shape index (κ1) is 21.3. The zero-order valence-electron chi connectivity index (χ0n) is 14.4. The molecule has 0 aliphatic rings. The van der Waals surface area contributed by atoms with Gasteiger partial charge in [0.2, 0.25) is 0 Å². The first-order chi connectivity index (χ1) is 7.84. The summed E-state index contributed by atoms with van der Waals surface area (Å²) in [5.41, 5.74) is 1.61. The summed E-state index contributed by atoms with van der Waals surface area (Å²) in [5, 5.41) is 0. The van der Waals surface area contributed by atoms with Crippen molar-refractivity contribution in [2.45, 2.75) is 90.6 Å². The number of rotatable bonds is 8. The fourth-order valence-electron chi connectivity index (χ4n) is 3.15. The Balaban J connectivity index is 0. The van der Waals surface area contributed by atoms with Gasteiger partial charge in [0.1, 0.15) is 0 Å². The molecule has 0 unspecified atom stereocenters. The van der Waals surface area contributed by atoms with Crippen LogP contribution < -0.4 is 18.9 Å². The third-order valence-electron chi connectivity index (χ3n) is 5.04. The second-order valence-corrected chi connectivity index (χ2v) is 16.5. The molecule has 18 heavy (non-hydrogen) atoms. The van der Waals surface area contributed by atoms with Gasteiger partial charge in [-0.25, -0.2) is 0 Å². The van der Waals surface area contributed by atoms with Crippen molar-refractivity contribution >= 4 is 16.5 Å². The van der Waals surface area contributed by atoms with Crippen LogP contribution in [0.5, 0.6) is 0 Å². The monoisotopic (exact) mass is 279 g/mol. The average molecular weight is 280 g/mol. The quantitative estimate of drug-likeness (QED) is 0.606. The van der Waals surface area contributed by atoms with E-state index in [1.807, 2.05) is 0 Å². The summed E-state index contributed by atoms with van der Waals surface area (Å²) in [5.74, 6) is 0. The van der Waals surface area contributed by atoms with E-state index in [1.54, 1.807) is 0 Å². The van der Waals surface area contributed by atoms with Gasteiger partial charge in [-0.2, -0.15) is 0 Å². The van der Waals surface area contributed by atoms with E-state index in [-0.39, 0.29) is 18.9 Å². The van der Waals surface area contributed by atoms with Crippen molar-refractivity contribution in [1.29, 1.82) is 0 Å². The molecular formula is C14H34LiNSi2. The van der Waals surface area contributed by atoms with Crippen molar-refractivity contribution in [1.82, 2.24) is 0 Å². The molecule has 0 amide bonds. The Labute approximate surface area is 130 Å². The third-order valence-corrected chi connectivity index (χ3v) is 17.8. The van der Waals surface area contributed by atoms with Gasteiger partial charge in [0.25, 0.3) is 0 Å². The maximum atomic E-state index is 5.69. The topological polar surface area (TPSA) is 14.1 Å². The van der Waals surface area contributed by atoms with Gasteiger partial charge in [-0.15, -0.1) is 0 Å². The molecule has 0 saturated carbocycles. The standard InChI is InChI=1S/C14H34NSi2.Li/c1-9-16(10-2,13(5)6)15-17(11-3,12-4)14(7)8;/h13-14H,9-12H2,1-8H3;/q-1;+1. The second kappa shape index (κ2) is 9.02. The van der Waals surface area contributed by atoms with Crippen LogP contribution in [-0.4, -0.2) is 16.5 Å². The molecule has 0 saturated heterocycles. The van der Waals surface area contributed by atoms with E-state index in [4.69, 9.17) is 4.65 Å². The molecule has 0 N–H and O–H groups in total. The number of nitrogens with zero attached hydrogens (tertiary/aromatic N) is 1. The molecule has 0 aromatic carbocycles. The van der Waals surface area contributed by atoms with Gasteiger partial charge in [-0.3, -0.25) is 0 Å². The molecule has 0 radical (unpaired) electrons. The van der Waals surface area contributed by atoms with Crippen molar-refractivity contribution in [3.8, 4) is 0 Å². The zero-order chi connectivity index (χ0) is 13.7. The maximum absolute atomic E-state index is 5.69. The van der Waals surface area contributed by atoms with E-state index in [2.05, 4.69) is 55.4 Å². The summed E-state index contributed by atoms with van der Waals surface area (Å²) in [7, 11) is -2.75. The first-order valence-corrected chi connectivity index (χ1v) is 12.5. The second-order valence-electron chi connectivity index (χ2n) is 6.04. The Kier molecular flexibility index (Phi) is 10.7. The van der Waals surface area contributed by atoms with E-state index in [0.29, 0.717) is 0 Å². The van der Waals surface area contributed by atoms with E-state index >= 15 is 0 Å². The molecule has 0 aliphatic carbocycles. The van der Waals surface area contributed by atoms with Crippen LogP contribution in [0, 0.1) is 0 Å². The summed E-state index contributed by atoms with van der Waals surface area (Å²) in [6.07, 6.45) is 0. The summed E-state index contributed by atoms with van der Waals surface area (Å²) < 4.78 is 5.69. The van der Waals surface area contributed by atoms with Crippen LogP contribution in [0.2, 0.25) is 35.3 Å². The minimum atomic E-state index is -1.37. The van der Waals surface area contributed by atoms with Crippen LogP contribution in [0.3, 0.4) is 0 Å². The molecule has 0 aromatic rings. The normalized spacial score (nSPS) is 13.0. The van der Waals surface area contributed by atoms with Gasteiger partial charge in [-0.1, -0.05) is 107 Å². The predicted octanol–water partition coefficient (Wildman–Crippen LogP) is 3.15. The molecule has 0 heterocycles. The Morgan fingerprint density at radius 3 is 1.00 bits per heavy atom.